The lowest BCUT2D eigenvalue weighted by molar-refractivity contribution is 0.0978. The summed E-state index contributed by atoms with van der Waals surface area (Å²) in [6.45, 7) is 0.726. The molecule has 0 radical (unpaired) electrons. The average Bonchev–Trinajstić information content (AvgIpc) is 2.46. The van der Waals surface area contributed by atoms with E-state index in [4.69, 9.17) is 15.2 Å². The SMILES string of the molecule is COc1ccc(C(=O)CCCCCCN)cc1OC. The lowest BCUT2D eigenvalue weighted by Crippen LogP contribution is -2.01. The van der Waals surface area contributed by atoms with Crippen molar-refractivity contribution in [2.45, 2.75) is 32.1 Å². The third-order valence-electron chi connectivity index (χ3n) is 3.06. The molecule has 0 amide bonds. The highest BCUT2D eigenvalue weighted by Gasteiger charge is 2.10. The molecule has 106 valence electrons. The van der Waals surface area contributed by atoms with Gasteiger partial charge in [0.15, 0.2) is 17.3 Å². The van der Waals surface area contributed by atoms with Crippen molar-refractivity contribution in [3.63, 3.8) is 0 Å². The van der Waals surface area contributed by atoms with Gasteiger partial charge in [-0.05, 0) is 37.6 Å². The Labute approximate surface area is 114 Å². The number of carbonyl (C=O) groups is 1. The van der Waals surface area contributed by atoms with E-state index in [1.54, 1.807) is 32.4 Å². The van der Waals surface area contributed by atoms with Gasteiger partial charge < -0.3 is 15.2 Å². The van der Waals surface area contributed by atoms with E-state index >= 15 is 0 Å². The van der Waals surface area contributed by atoms with E-state index in [9.17, 15) is 4.79 Å². The van der Waals surface area contributed by atoms with Gasteiger partial charge in [-0.15, -0.1) is 0 Å². The Morgan fingerprint density at radius 1 is 1.05 bits per heavy atom. The monoisotopic (exact) mass is 265 g/mol. The topological polar surface area (TPSA) is 61.5 Å². The molecular weight excluding hydrogens is 242 g/mol. The fraction of sp³-hybridized carbons (Fsp3) is 0.533. The molecule has 0 fully saturated rings. The maximum atomic E-state index is 12.0. The van der Waals surface area contributed by atoms with Crippen LogP contribution in [-0.4, -0.2) is 26.5 Å². The molecule has 19 heavy (non-hydrogen) atoms. The molecule has 0 aliphatic heterocycles. The lowest BCUT2D eigenvalue weighted by atomic mass is 10.0. The van der Waals surface area contributed by atoms with Crippen LogP contribution in [0.2, 0.25) is 0 Å². The number of hydrogen-bond donors (Lipinski definition) is 1. The predicted octanol–water partition coefficient (Wildman–Crippen LogP) is 2.80. The molecule has 0 aliphatic carbocycles. The van der Waals surface area contributed by atoms with Crippen molar-refractivity contribution < 1.29 is 14.3 Å². The summed E-state index contributed by atoms with van der Waals surface area (Å²) < 4.78 is 10.3. The van der Waals surface area contributed by atoms with Crippen molar-refractivity contribution >= 4 is 5.78 Å². The highest BCUT2D eigenvalue weighted by Crippen LogP contribution is 2.28. The molecule has 1 rings (SSSR count). The molecule has 0 spiro atoms. The summed E-state index contributed by atoms with van der Waals surface area (Å²) in [6, 6.07) is 5.28. The number of ketones is 1. The summed E-state index contributed by atoms with van der Waals surface area (Å²) in [7, 11) is 3.15. The molecular formula is C15H23NO3. The molecule has 0 saturated carbocycles. The number of unbranched alkanes of at least 4 members (excludes halogenated alkanes) is 3. The van der Waals surface area contributed by atoms with E-state index < -0.39 is 0 Å². The lowest BCUT2D eigenvalue weighted by Gasteiger charge is -2.09. The highest BCUT2D eigenvalue weighted by atomic mass is 16.5. The zero-order valence-corrected chi connectivity index (χ0v) is 11.8. The first-order valence-electron chi connectivity index (χ1n) is 6.68. The van der Waals surface area contributed by atoms with Crippen LogP contribution in [0.1, 0.15) is 42.5 Å². The fourth-order valence-electron chi connectivity index (χ4n) is 1.94. The minimum Gasteiger partial charge on any atom is -0.493 e. The standard InChI is InChI=1S/C15H23NO3/c1-18-14-9-8-12(11-15(14)19-2)13(17)7-5-3-4-6-10-16/h8-9,11H,3-7,10,16H2,1-2H3. The Balaban J connectivity index is 2.52. The zero-order valence-electron chi connectivity index (χ0n) is 11.8. The first kappa shape index (κ1) is 15.5. The van der Waals surface area contributed by atoms with E-state index in [-0.39, 0.29) is 5.78 Å². The van der Waals surface area contributed by atoms with Crippen LogP contribution in [0.4, 0.5) is 0 Å². The average molecular weight is 265 g/mol. The fourth-order valence-corrected chi connectivity index (χ4v) is 1.94. The molecule has 0 aliphatic rings. The predicted molar refractivity (Wildman–Crippen MR) is 76.0 cm³/mol. The van der Waals surface area contributed by atoms with Gasteiger partial charge in [-0.1, -0.05) is 12.8 Å². The quantitative estimate of drug-likeness (QED) is 0.551. The number of methoxy groups -OCH3 is 2. The van der Waals surface area contributed by atoms with Gasteiger partial charge in [-0.2, -0.15) is 0 Å². The van der Waals surface area contributed by atoms with Crippen LogP contribution in [0.3, 0.4) is 0 Å². The molecule has 0 bridgehead atoms. The second-order valence-electron chi connectivity index (χ2n) is 4.45. The van der Waals surface area contributed by atoms with Gasteiger partial charge in [0, 0.05) is 12.0 Å². The van der Waals surface area contributed by atoms with Crippen LogP contribution < -0.4 is 15.2 Å². The van der Waals surface area contributed by atoms with Crippen LogP contribution in [0.25, 0.3) is 0 Å². The molecule has 0 aromatic heterocycles. The molecule has 0 unspecified atom stereocenters. The summed E-state index contributed by atoms with van der Waals surface area (Å²) in [4.78, 5) is 12.0. The van der Waals surface area contributed by atoms with E-state index in [0.717, 1.165) is 32.2 Å². The summed E-state index contributed by atoms with van der Waals surface area (Å²) in [5.41, 5.74) is 6.11. The number of benzene rings is 1. The van der Waals surface area contributed by atoms with Gasteiger partial charge in [0.1, 0.15) is 0 Å². The molecule has 2 N–H and O–H groups in total. The van der Waals surface area contributed by atoms with E-state index in [1.165, 1.54) is 0 Å². The third kappa shape index (κ3) is 4.91. The largest absolute Gasteiger partial charge is 0.493 e. The second-order valence-corrected chi connectivity index (χ2v) is 4.45. The van der Waals surface area contributed by atoms with Crippen molar-refractivity contribution in [1.29, 1.82) is 0 Å². The smallest absolute Gasteiger partial charge is 0.163 e. The van der Waals surface area contributed by atoms with Crippen molar-refractivity contribution in [2.24, 2.45) is 5.73 Å². The molecule has 0 heterocycles. The number of carbonyl (C=O) groups excluding carboxylic acids is 1. The molecule has 1 aromatic carbocycles. The first-order chi connectivity index (χ1) is 9.22. The molecule has 0 saturated heterocycles. The van der Waals surface area contributed by atoms with Crippen LogP contribution >= 0.6 is 0 Å². The van der Waals surface area contributed by atoms with E-state index in [1.807, 2.05) is 0 Å². The van der Waals surface area contributed by atoms with Crippen molar-refractivity contribution in [1.82, 2.24) is 0 Å². The van der Waals surface area contributed by atoms with Crippen LogP contribution in [0.15, 0.2) is 18.2 Å². The summed E-state index contributed by atoms with van der Waals surface area (Å²) in [5, 5.41) is 0. The Kier molecular flexibility index (Phi) is 6.97. The van der Waals surface area contributed by atoms with Gasteiger partial charge in [-0.25, -0.2) is 0 Å². The maximum Gasteiger partial charge on any atom is 0.163 e. The van der Waals surface area contributed by atoms with E-state index in [2.05, 4.69) is 0 Å². The number of nitrogens with two attached hydrogens (primary N) is 1. The normalized spacial score (nSPS) is 10.3. The van der Waals surface area contributed by atoms with Gasteiger partial charge in [0.25, 0.3) is 0 Å². The van der Waals surface area contributed by atoms with Crippen LogP contribution in [0.5, 0.6) is 11.5 Å². The Morgan fingerprint density at radius 2 is 1.74 bits per heavy atom. The molecule has 1 aromatic rings. The Bertz CT molecular complexity index is 404. The number of hydrogen-bond acceptors (Lipinski definition) is 4. The minimum atomic E-state index is 0.147. The van der Waals surface area contributed by atoms with Crippen molar-refractivity contribution in [2.75, 3.05) is 20.8 Å². The van der Waals surface area contributed by atoms with Gasteiger partial charge in [0.05, 0.1) is 14.2 Å². The minimum absolute atomic E-state index is 0.147. The van der Waals surface area contributed by atoms with Crippen LogP contribution in [0, 0.1) is 0 Å². The number of ether oxygens (including phenoxy) is 2. The van der Waals surface area contributed by atoms with Crippen molar-refractivity contribution in [3.8, 4) is 11.5 Å². The molecule has 4 heteroatoms. The first-order valence-corrected chi connectivity index (χ1v) is 6.68. The highest BCUT2D eigenvalue weighted by molar-refractivity contribution is 5.96. The van der Waals surface area contributed by atoms with Gasteiger partial charge in [0.2, 0.25) is 0 Å². The Hall–Kier alpha value is -1.55. The number of rotatable bonds is 9. The summed E-state index contributed by atoms with van der Waals surface area (Å²) in [5.74, 6) is 1.38. The zero-order chi connectivity index (χ0) is 14.1. The summed E-state index contributed by atoms with van der Waals surface area (Å²) >= 11 is 0. The Morgan fingerprint density at radius 3 is 2.37 bits per heavy atom. The third-order valence-corrected chi connectivity index (χ3v) is 3.06. The molecule has 4 nitrogen and oxygen atoms in total. The van der Waals surface area contributed by atoms with Crippen molar-refractivity contribution in [3.05, 3.63) is 23.8 Å². The summed E-state index contributed by atoms with van der Waals surface area (Å²) in [6.07, 6.45) is 4.66. The number of Topliss-reactive ketones (excluding diaryl/α,β-unsaturated/α-hetero) is 1. The van der Waals surface area contributed by atoms with Gasteiger partial charge >= 0.3 is 0 Å². The second kappa shape index (κ2) is 8.53. The maximum absolute atomic E-state index is 12.0. The molecule has 0 atom stereocenters. The van der Waals surface area contributed by atoms with Gasteiger partial charge in [-0.3, -0.25) is 4.79 Å². The van der Waals surface area contributed by atoms with E-state index in [0.29, 0.717) is 23.5 Å². The van der Waals surface area contributed by atoms with Crippen LogP contribution in [-0.2, 0) is 0 Å².